The summed E-state index contributed by atoms with van der Waals surface area (Å²) in [7, 11) is 1.59. The zero-order valence-electron chi connectivity index (χ0n) is 17.9. The van der Waals surface area contributed by atoms with Crippen molar-refractivity contribution in [3.8, 4) is 5.75 Å². The van der Waals surface area contributed by atoms with Crippen molar-refractivity contribution in [3.63, 3.8) is 0 Å². The van der Waals surface area contributed by atoms with E-state index in [9.17, 15) is 9.59 Å². The molecular weight excluding hydrogens is 502 g/mol. The molecule has 1 aliphatic rings. The molecule has 0 aromatic heterocycles. The number of rotatable bonds is 7. The number of hydrogen-bond acceptors (Lipinski definition) is 4. The van der Waals surface area contributed by atoms with Gasteiger partial charge >= 0.3 is 0 Å². The van der Waals surface area contributed by atoms with Crippen molar-refractivity contribution in [1.29, 1.82) is 0 Å². The van der Waals surface area contributed by atoms with E-state index in [1.54, 1.807) is 43.5 Å². The summed E-state index contributed by atoms with van der Waals surface area (Å²) in [5.41, 5.74) is 2.31. The topological polar surface area (TPSA) is 61.9 Å². The summed E-state index contributed by atoms with van der Waals surface area (Å²) in [5.74, 6) is 0.197. The Morgan fingerprint density at radius 1 is 1.03 bits per heavy atom. The van der Waals surface area contributed by atoms with E-state index in [2.05, 4.69) is 21.2 Å². The van der Waals surface area contributed by atoms with E-state index in [1.807, 2.05) is 47.4 Å². The molecule has 6 nitrogen and oxygen atoms in total. The molecule has 0 saturated carbocycles. The van der Waals surface area contributed by atoms with Gasteiger partial charge in [-0.05, 0) is 66.3 Å². The minimum atomic E-state index is -0.713. The Morgan fingerprint density at radius 3 is 2.33 bits per heavy atom. The van der Waals surface area contributed by atoms with Crippen molar-refractivity contribution in [3.05, 3.63) is 88.9 Å². The van der Waals surface area contributed by atoms with Crippen LogP contribution >= 0.6 is 28.1 Å². The molecule has 0 radical (unpaired) electrons. The fourth-order valence-electron chi connectivity index (χ4n) is 3.68. The second-order valence-corrected chi connectivity index (χ2v) is 8.82. The molecule has 1 aliphatic heterocycles. The highest BCUT2D eigenvalue weighted by Gasteiger charge is 2.44. The van der Waals surface area contributed by atoms with Gasteiger partial charge in [-0.1, -0.05) is 46.3 Å². The highest BCUT2D eigenvalue weighted by Crippen LogP contribution is 2.30. The van der Waals surface area contributed by atoms with E-state index in [0.717, 1.165) is 10.0 Å². The molecule has 3 aromatic carbocycles. The second-order valence-electron chi connectivity index (χ2n) is 7.54. The van der Waals surface area contributed by atoms with Crippen molar-refractivity contribution < 1.29 is 14.3 Å². The third-order valence-electron chi connectivity index (χ3n) is 5.35. The fraction of sp³-hybridized carbons (Fsp3) is 0.160. The molecular formula is C25H22BrN3O3S. The molecule has 33 heavy (non-hydrogen) atoms. The van der Waals surface area contributed by atoms with Gasteiger partial charge in [-0.15, -0.1) is 0 Å². The number of halogens is 1. The van der Waals surface area contributed by atoms with E-state index in [0.29, 0.717) is 28.8 Å². The Hall–Kier alpha value is -3.23. The van der Waals surface area contributed by atoms with Gasteiger partial charge in [0, 0.05) is 16.7 Å². The lowest BCUT2D eigenvalue weighted by Crippen LogP contribution is -2.37. The molecule has 1 N–H and O–H groups in total. The predicted octanol–water partition coefficient (Wildman–Crippen LogP) is 4.99. The zero-order valence-corrected chi connectivity index (χ0v) is 20.3. The average Bonchev–Trinajstić information content (AvgIpc) is 3.05. The molecule has 1 atom stereocenters. The van der Waals surface area contributed by atoms with Gasteiger partial charge in [0.2, 0.25) is 5.91 Å². The van der Waals surface area contributed by atoms with E-state index in [-0.39, 0.29) is 18.2 Å². The Labute approximate surface area is 206 Å². The molecule has 2 amide bonds. The Bertz CT molecular complexity index is 1150. The van der Waals surface area contributed by atoms with Crippen LogP contribution in [0.3, 0.4) is 0 Å². The molecule has 168 valence electrons. The summed E-state index contributed by atoms with van der Waals surface area (Å²) < 4.78 is 6.14. The van der Waals surface area contributed by atoms with Crippen LogP contribution in [0.25, 0.3) is 0 Å². The van der Waals surface area contributed by atoms with Crippen LogP contribution in [0.4, 0.5) is 11.4 Å². The van der Waals surface area contributed by atoms with Crippen LogP contribution in [0.1, 0.15) is 12.0 Å². The summed E-state index contributed by atoms with van der Waals surface area (Å²) in [5, 5.41) is 3.24. The number of hydrogen-bond donors (Lipinski definition) is 1. The van der Waals surface area contributed by atoms with Crippen molar-refractivity contribution in [2.75, 3.05) is 17.3 Å². The summed E-state index contributed by atoms with van der Waals surface area (Å²) in [6.07, 6.45) is -0.0193. The Morgan fingerprint density at radius 2 is 1.70 bits per heavy atom. The normalized spacial score (nSPS) is 15.6. The summed E-state index contributed by atoms with van der Waals surface area (Å²) in [6, 6.07) is 23.5. The van der Waals surface area contributed by atoms with Crippen LogP contribution in [0.2, 0.25) is 0 Å². The number of thiocarbonyl (C=S) groups is 1. The monoisotopic (exact) mass is 523 g/mol. The summed E-state index contributed by atoms with van der Waals surface area (Å²) >= 11 is 9.10. The fourth-order valence-corrected chi connectivity index (χ4v) is 4.34. The molecule has 0 bridgehead atoms. The molecule has 1 unspecified atom stereocenters. The number of benzene rings is 3. The predicted molar refractivity (Wildman–Crippen MR) is 136 cm³/mol. The maximum atomic E-state index is 13.5. The number of nitrogens with zero attached hydrogens (tertiary/aromatic N) is 2. The van der Waals surface area contributed by atoms with Crippen LogP contribution < -0.4 is 15.0 Å². The first-order valence-corrected chi connectivity index (χ1v) is 11.5. The number of methoxy groups -OCH3 is 1. The molecule has 0 spiro atoms. The molecule has 1 saturated heterocycles. The van der Waals surface area contributed by atoms with Crippen molar-refractivity contribution in [2.24, 2.45) is 0 Å². The molecule has 0 aliphatic carbocycles. The van der Waals surface area contributed by atoms with E-state index in [1.165, 1.54) is 4.90 Å². The SMILES string of the molecule is COc1ccc(N2C(=O)C(CC(=O)Nc3ccc(Br)cc3)N(Cc3ccccc3)C2=S)cc1. The van der Waals surface area contributed by atoms with Crippen LogP contribution in [0.15, 0.2) is 83.3 Å². The average molecular weight is 524 g/mol. The number of carbonyl (C=O) groups is 2. The highest BCUT2D eigenvalue weighted by atomic mass is 79.9. The first-order chi connectivity index (χ1) is 16.0. The van der Waals surface area contributed by atoms with Gasteiger partial charge < -0.3 is 15.0 Å². The second kappa shape index (κ2) is 10.1. The largest absolute Gasteiger partial charge is 0.497 e. The summed E-state index contributed by atoms with van der Waals surface area (Å²) in [4.78, 5) is 29.6. The van der Waals surface area contributed by atoms with E-state index >= 15 is 0 Å². The Kier molecular flexibility index (Phi) is 7.05. The number of ether oxygens (including phenoxy) is 1. The standard InChI is InChI=1S/C25H22BrN3O3S/c1-32-21-13-11-20(12-14-21)29-24(31)22(15-23(30)27-19-9-7-18(26)8-10-19)28(25(29)33)16-17-5-3-2-4-6-17/h2-14,22H,15-16H2,1H3,(H,27,30). The quantitative estimate of drug-likeness (QED) is 0.442. The van der Waals surface area contributed by atoms with Gasteiger partial charge in [0.05, 0.1) is 19.2 Å². The first kappa shape index (κ1) is 22.9. The van der Waals surface area contributed by atoms with Gasteiger partial charge in [-0.2, -0.15) is 0 Å². The molecule has 3 aromatic rings. The van der Waals surface area contributed by atoms with Crippen LogP contribution in [-0.2, 0) is 16.1 Å². The van der Waals surface area contributed by atoms with Crippen LogP contribution in [-0.4, -0.2) is 35.0 Å². The van der Waals surface area contributed by atoms with Crippen molar-refractivity contribution >= 4 is 56.4 Å². The first-order valence-electron chi connectivity index (χ1n) is 10.3. The minimum absolute atomic E-state index is 0.0193. The highest BCUT2D eigenvalue weighted by molar-refractivity contribution is 9.10. The zero-order chi connectivity index (χ0) is 23.4. The lowest BCUT2D eigenvalue weighted by Gasteiger charge is -2.24. The van der Waals surface area contributed by atoms with Gasteiger partial charge in [-0.3, -0.25) is 14.5 Å². The Balaban J connectivity index is 1.59. The van der Waals surface area contributed by atoms with Crippen molar-refractivity contribution in [1.82, 2.24) is 4.90 Å². The van der Waals surface area contributed by atoms with Gasteiger partial charge in [0.25, 0.3) is 5.91 Å². The molecule has 4 rings (SSSR count). The lowest BCUT2D eigenvalue weighted by atomic mass is 10.1. The number of nitrogens with one attached hydrogen (secondary N) is 1. The minimum Gasteiger partial charge on any atom is -0.497 e. The van der Waals surface area contributed by atoms with Gasteiger partial charge in [0.15, 0.2) is 5.11 Å². The molecule has 8 heteroatoms. The summed E-state index contributed by atoms with van der Waals surface area (Å²) in [6.45, 7) is 0.425. The number of amides is 2. The smallest absolute Gasteiger partial charge is 0.256 e. The van der Waals surface area contributed by atoms with E-state index < -0.39 is 6.04 Å². The third-order valence-corrected chi connectivity index (χ3v) is 6.30. The van der Waals surface area contributed by atoms with Crippen LogP contribution in [0.5, 0.6) is 5.75 Å². The van der Waals surface area contributed by atoms with E-state index in [4.69, 9.17) is 17.0 Å². The van der Waals surface area contributed by atoms with Gasteiger partial charge in [-0.25, -0.2) is 0 Å². The third kappa shape index (κ3) is 5.23. The number of anilines is 2. The van der Waals surface area contributed by atoms with Crippen LogP contribution in [0, 0.1) is 0 Å². The number of carbonyl (C=O) groups excluding carboxylic acids is 2. The van der Waals surface area contributed by atoms with Crippen molar-refractivity contribution in [2.45, 2.75) is 19.0 Å². The van der Waals surface area contributed by atoms with Gasteiger partial charge in [0.1, 0.15) is 11.8 Å². The maximum Gasteiger partial charge on any atom is 0.256 e. The maximum absolute atomic E-state index is 13.5. The lowest BCUT2D eigenvalue weighted by molar-refractivity contribution is -0.124. The molecule has 1 fully saturated rings. The molecule has 1 heterocycles.